The molecule has 0 aliphatic carbocycles. The largest absolute Gasteiger partial charge is 0.358 e. The summed E-state index contributed by atoms with van der Waals surface area (Å²) in [5, 5.41) is 0. The molecule has 0 saturated carbocycles. The van der Waals surface area contributed by atoms with Gasteiger partial charge in [0.15, 0.2) is 0 Å². The quantitative estimate of drug-likeness (QED) is 0.514. The Hall–Kier alpha value is -0.720. The Morgan fingerprint density at radius 2 is 2.18 bits per heavy atom. The first-order valence-electron chi connectivity index (χ1n) is 4.35. The fourth-order valence-corrected chi connectivity index (χ4v) is 1.36. The Morgan fingerprint density at radius 3 is 3.00 bits per heavy atom. The average Bonchev–Trinajstić information content (AvgIpc) is 2.02. The normalized spacial score (nSPS) is 27.8. The lowest BCUT2D eigenvalue weighted by atomic mass is 10.1. The number of rotatable bonds is 0. The van der Waals surface area contributed by atoms with Crippen molar-refractivity contribution in [2.75, 3.05) is 7.05 Å². The molecule has 0 spiro atoms. The highest BCUT2D eigenvalue weighted by Gasteiger charge is 1.94. The summed E-state index contributed by atoms with van der Waals surface area (Å²) in [4.78, 5) is 2.14. The summed E-state index contributed by atoms with van der Waals surface area (Å²) in [5.74, 6) is 0. The fraction of sp³-hybridized carbons (Fsp3) is 0.600. The van der Waals surface area contributed by atoms with Gasteiger partial charge in [0.25, 0.3) is 0 Å². The van der Waals surface area contributed by atoms with Crippen molar-refractivity contribution in [3.63, 3.8) is 0 Å². The van der Waals surface area contributed by atoms with Crippen molar-refractivity contribution < 1.29 is 0 Å². The fourth-order valence-electron chi connectivity index (χ4n) is 1.36. The third-order valence-corrected chi connectivity index (χ3v) is 1.96. The van der Waals surface area contributed by atoms with Crippen LogP contribution in [0.15, 0.2) is 24.0 Å². The molecule has 62 valence electrons. The van der Waals surface area contributed by atoms with Crippen LogP contribution in [0.3, 0.4) is 0 Å². The average molecular weight is 151 g/mol. The van der Waals surface area contributed by atoms with E-state index in [2.05, 4.69) is 37.3 Å². The number of hydrogen-bond acceptors (Lipinski definition) is 1. The first kappa shape index (κ1) is 8.38. The first-order valence-corrected chi connectivity index (χ1v) is 4.35. The van der Waals surface area contributed by atoms with Gasteiger partial charge in [-0.05, 0) is 38.8 Å². The van der Waals surface area contributed by atoms with Gasteiger partial charge < -0.3 is 4.90 Å². The van der Waals surface area contributed by atoms with E-state index >= 15 is 0 Å². The Morgan fingerprint density at radius 1 is 1.36 bits per heavy atom. The van der Waals surface area contributed by atoms with Crippen molar-refractivity contribution >= 4 is 0 Å². The maximum absolute atomic E-state index is 2.25. The standard InChI is InChI=1S/C10H17N/c1-10-7-5-3-4-6-8-11(2)9-10/h6,8-9H,3-5,7H2,1-2H3/b8-6+,10-9+. The summed E-state index contributed by atoms with van der Waals surface area (Å²) in [6.45, 7) is 2.20. The second-order valence-corrected chi connectivity index (χ2v) is 3.27. The molecule has 0 aromatic carbocycles. The predicted molar refractivity (Wildman–Crippen MR) is 49.1 cm³/mol. The summed E-state index contributed by atoms with van der Waals surface area (Å²) in [6, 6.07) is 0. The minimum absolute atomic E-state index is 1.23. The van der Waals surface area contributed by atoms with E-state index in [0.717, 1.165) is 0 Å². The van der Waals surface area contributed by atoms with Crippen molar-refractivity contribution in [3.05, 3.63) is 24.0 Å². The summed E-state index contributed by atoms with van der Waals surface area (Å²) in [7, 11) is 2.09. The molecule has 1 aliphatic heterocycles. The molecule has 0 bridgehead atoms. The van der Waals surface area contributed by atoms with Crippen molar-refractivity contribution in [2.24, 2.45) is 0 Å². The van der Waals surface area contributed by atoms with Gasteiger partial charge >= 0.3 is 0 Å². The van der Waals surface area contributed by atoms with Crippen LogP contribution in [0.5, 0.6) is 0 Å². The third-order valence-electron chi connectivity index (χ3n) is 1.96. The number of nitrogens with zero attached hydrogens (tertiary/aromatic N) is 1. The van der Waals surface area contributed by atoms with Crippen LogP contribution >= 0.6 is 0 Å². The minimum atomic E-state index is 1.23. The molecule has 0 amide bonds. The van der Waals surface area contributed by atoms with Crippen molar-refractivity contribution in [2.45, 2.75) is 32.6 Å². The van der Waals surface area contributed by atoms with Crippen LogP contribution in [-0.2, 0) is 0 Å². The van der Waals surface area contributed by atoms with Crippen LogP contribution < -0.4 is 0 Å². The molecule has 0 N–H and O–H groups in total. The van der Waals surface area contributed by atoms with Gasteiger partial charge in [-0.15, -0.1) is 0 Å². The van der Waals surface area contributed by atoms with Gasteiger partial charge in [-0.3, -0.25) is 0 Å². The lowest BCUT2D eigenvalue weighted by molar-refractivity contribution is 0.615. The van der Waals surface area contributed by atoms with Crippen LogP contribution in [-0.4, -0.2) is 11.9 Å². The smallest absolute Gasteiger partial charge is 0.0106 e. The van der Waals surface area contributed by atoms with Crippen molar-refractivity contribution in [3.8, 4) is 0 Å². The molecular formula is C10H17N. The van der Waals surface area contributed by atoms with Crippen LogP contribution in [0.25, 0.3) is 0 Å². The number of hydrogen-bond donors (Lipinski definition) is 0. The SMILES string of the molecule is C/C1=C\N(C)/C=C/CCCC1. The van der Waals surface area contributed by atoms with E-state index < -0.39 is 0 Å². The molecule has 0 aromatic rings. The van der Waals surface area contributed by atoms with E-state index in [1.807, 2.05) is 0 Å². The second kappa shape index (κ2) is 4.22. The van der Waals surface area contributed by atoms with Gasteiger partial charge in [-0.25, -0.2) is 0 Å². The van der Waals surface area contributed by atoms with Crippen LogP contribution in [0.1, 0.15) is 32.6 Å². The molecule has 1 heterocycles. The predicted octanol–water partition coefficient (Wildman–Crippen LogP) is 2.91. The third kappa shape index (κ3) is 3.26. The highest BCUT2D eigenvalue weighted by atomic mass is 15.0. The van der Waals surface area contributed by atoms with Crippen LogP contribution in [0.4, 0.5) is 0 Å². The van der Waals surface area contributed by atoms with Crippen LogP contribution in [0.2, 0.25) is 0 Å². The van der Waals surface area contributed by atoms with Gasteiger partial charge in [0.05, 0.1) is 0 Å². The maximum atomic E-state index is 2.25. The van der Waals surface area contributed by atoms with Crippen molar-refractivity contribution in [1.29, 1.82) is 0 Å². The van der Waals surface area contributed by atoms with E-state index in [1.165, 1.54) is 31.3 Å². The van der Waals surface area contributed by atoms with Gasteiger partial charge in [0, 0.05) is 13.2 Å². The van der Waals surface area contributed by atoms with Gasteiger partial charge in [-0.2, -0.15) is 0 Å². The zero-order chi connectivity index (χ0) is 8.10. The molecule has 0 atom stereocenters. The Bertz CT molecular complexity index is 168. The summed E-state index contributed by atoms with van der Waals surface area (Å²) in [6.07, 6.45) is 11.7. The van der Waals surface area contributed by atoms with Crippen LogP contribution in [0, 0.1) is 0 Å². The van der Waals surface area contributed by atoms with Gasteiger partial charge in [0.1, 0.15) is 0 Å². The van der Waals surface area contributed by atoms with E-state index in [0.29, 0.717) is 0 Å². The highest BCUT2D eigenvalue weighted by molar-refractivity contribution is 5.01. The van der Waals surface area contributed by atoms with E-state index in [4.69, 9.17) is 0 Å². The molecule has 0 saturated heterocycles. The lowest BCUT2D eigenvalue weighted by Gasteiger charge is -2.07. The Kier molecular flexibility index (Phi) is 3.21. The molecule has 0 aromatic heterocycles. The first-order chi connectivity index (χ1) is 5.29. The molecule has 1 rings (SSSR count). The minimum Gasteiger partial charge on any atom is -0.358 e. The van der Waals surface area contributed by atoms with Gasteiger partial charge in [0.2, 0.25) is 0 Å². The lowest BCUT2D eigenvalue weighted by Crippen LogP contribution is -2.00. The molecule has 0 fully saturated rings. The maximum Gasteiger partial charge on any atom is 0.0106 e. The monoisotopic (exact) mass is 151 g/mol. The molecule has 0 radical (unpaired) electrons. The molecule has 1 heteroatoms. The van der Waals surface area contributed by atoms with E-state index in [1.54, 1.807) is 0 Å². The highest BCUT2D eigenvalue weighted by Crippen LogP contribution is 2.11. The van der Waals surface area contributed by atoms with Crippen molar-refractivity contribution in [1.82, 2.24) is 4.90 Å². The Labute approximate surface area is 69.4 Å². The molecule has 11 heavy (non-hydrogen) atoms. The van der Waals surface area contributed by atoms with Gasteiger partial charge in [-0.1, -0.05) is 11.6 Å². The van der Waals surface area contributed by atoms with E-state index in [9.17, 15) is 0 Å². The molecular weight excluding hydrogens is 134 g/mol. The van der Waals surface area contributed by atoms with E-state index in [-0.39, 0.29) is 0 Å². The zero-order valence-electron chi connectivity index (χ0n) is 7.51. The Balaban J connectivity index is 2.56. The molecule has 0 unspecified atom stereocenters. The summed E-state index contributed by atoms with van der Waals surface area (Å²) < 4.78 is 0. The zero-order valence-corrected chi connectivity index (χ0v) is 7.51. The molecule has 1 aliphatic rings. The molecule has 1 nitrogen and oxygen atoms in total. The number of allylic oxidation sites excluding steroid dienone is 2. The summed E-state index contributed by atoms with van der Waals surface area (Å²) in [5.41, 5.74) is 1.49. The summed E-state index contributed by atoms with van der Waals surface area (Å²) >= 11 is 0. The second-order valence-electron chi connectivity index (χ2n) is 3.27. The topological polar surface area (TPSA) is 3.24 Å².